The molecule has 0 radical (unpaired) electrons. The molecule has 0 saturated carbocycles. The van der Waals surface area contributed by atoms with Crippen LogP contribution in [0.1, 0.15) is 21.5 Å². The van der Waals surface area contributed by atoms with Crippen LogP contribution in [0.15, 0.2) is 59.6 Å². The van der Waals surface area contributed by atoms with Gasteiger partial charge in [0.2, 0.25) is 12.1 Å². The van der Waals surface area contributed by atoms with Gasteiger partial charge < -0.3 is 9.47 Å². The van der Waals surface area contributed by atoms with E-state index in [1.165, 1.54) is 0 Å². The lowest BCUT2D eigenvalue weighted by molar-refractivity contribution is 0.0262. The van der Waals surface area contributed by atoms with Gasteiger partial charge in [-0.25, -0.2) is 9.79 Å². The van der Waals surface area contributed by atoms with Crippen molar-refractivity contribution < 1.29 is 14.3 Å². The Balaban J connectivity index is 1.68. The van der Waals surface area contributed by atoms with Crippen molar-refractivity contribution in [3.8, 4) is 0 Å². The standard InChI is InChI=1S/C17H15NO3/c1-12-7-9-14(10-8-12)17(19)21-15-11-20-16(18-15)13-5-3-2-4-6-13/h2-10,15H,11H2,1H3. The predicted octanol–water partition coefficient (Wildman–Crippen LogP) is 2.95. The van der Waals surface area contributed by atoms with Crippen LogP contribution in [0.3, 0.4) is 0 Å². The van der Waals surface area contributed by atoms with Crippen LogP contribution in [0.4, 0.5) is 0 Å². The molecule has 1 aliphatic heterocycles. The third-order valence-electron chi connectivity index (χ3n) is 3.17. The highest BCUT2D eigenvalue weighted by Gasteiger charge is 2.23. The first kappa shape index (κ1) is 13.4. The minimum atomic E-state index is -0.589. The van der Waals surface area contributed by atoms with Crippen molar-refractivity contribution in [3.63, 3.8) is 0 Å². The molecule has 1 atom stereocenters. The van der Waals surface area contributed by atoms with Crippen LogP contribution in [0.5, 0.6) is 0 Å². The summed E-state index contributed by atoms with van der Waals surface area (Å²) in [7, 11) is 0. The fraction of sp³-hybridized carbons (Fsp3) is 0.176. The van der Waals surface area contributed by atoms with E-state index in [0.717, 1.165) is 11.1 Å². The molecule has 0 fully saturated rings. The van der Waals surface area contributed by atoms with Crippen molar-refractivity contribution in [2.24, 2.45) is 4.99 Å². The molecule has 3 rings (SSSR count). The number of hydrogen-bond acceptors (Lipinski definition) is 4. The van der Waals surface area contributed by atoms with E-state index in [2.05, 4.69) is 4.99 Å². The molecule has 1 aliphatic rings. The number of hydrogen-bond donors (Lipinski definition) is 0. The van der Waals surface area contributed by atoms with Crippen molar-refractivity contribution in [3.05, 3.63) is 71.3 Å². The summed E-state index contributed by atoms with van der Waals surface area (Å²) in [6, 6.07) is 16.8. The molecule has 0 saturated heterocycles. The molecule has 0 bridgehead atoms. The summed E-state index contributed by atoms with van der Waals surface area (Å²) in [5.41, 5.74) is 2.50. The fourth-order valence-corrected chi connectivity index (χ4v) is 2.04. The largest absolute Gasteiger partial charge is 0.471 e. The second-order valence-corrected chi connectivity index (χ2v) is 4.84. The van der Waals surface area contributed by atoms with Gasteiger partial charge in [-0.2, -0.15) is 0 Å². The summed E-state index contributed by atoms with van der Waals surface area (Å²) in [4.78, 5) is 16.3. The number of aliphatic imine (C=N–C) groups is 1. The van der Waals surface area contributed by atoms with Gasteiger partial charge in [-0.15, -0.1) is 0 Å². The first-order chi connectivity index (χ1) is 10.2. The van der Waals surface area contributed by atoms with Gasteiger partial charge in [-0.1, -0.05) is 35.9 Å². The maximum Gasteiger partial charge on any atom is 0.340 e. The molecule has 0 aliphatic carbocycles. The number of nitrogens with zero attached hydrogens (tertiary/aromatic N) is 1. The molecule has 0 spiro atoms. The number of rotatable bonds is 3. The minimum absolute atomic E-state index is 0.252. The van der Waals surface area contributed by atoms with Crippen LogP contribution in [0.2, 0.25) is 0 Å². The number of ether oxygens (including phenoxy) is 2. The van der Waals surface area contributed by atoms with Crippen molar-refractivity contribution in [1.29, 1.82) is 0 Å². The summed E-state index contributed by atoms with van der Waals surface area (Å²) in [6.07, 6.45) is -0.589. The number of carbonyl (C=O) groups is 1. The van der Waals surface area contributed by atoms with Crippen LogP contribution in [0, 0.1) is 6.92 Å². The number of esters is 1. The fourth-order valence-electron chi connectivity index (χ4n) is 2.04. The van der Waals surface area contributed by atoms with Gasteiger partial charge in [0.25, 0.3) is 0 Å². The highest BCUT2D eigenvalue weighted by atomic mass is 16.6. The van der Waals surface area contributed by atoms with Crippen LogP contribution in [-0.4, -0.2) is 24.7 Å². The third kappa shape index (κ3) is 3.11. The molecular weight excluding hydrogens is 266 g/mol. The Hall–Kier alpha value is -2.62. The van der Waals surface area contributed by atoms with Gasteiger partial charge in [0.15, 0.2) is 0 Å². The molecule has 106 valence electrons. The molecule has 0 N–H and O–H groups in total. The second kappa shape index (κ2) is 5.79. The highest BCUT2D eigenvalue weighted by molar-refractivity contribution is 5.95. The normalized spacial score (nSPS) is 17.0. The molecule has 1 unspecified atom stereocenters. The van der Waals surface area contributed by atoms with Crippen LogP contribution in [-0.2, 0) is 9.47 Å². The van der Waals surface area contributed by atoms with E-state index in [1.807, 2.05) is 49.4 Å². The average molecular weight is 281 g/mol. The second-order valence-electron chi connectivity index (χ2n) is 4.84. The molecular formula is C17H15NO3. The maximum absolute atomic E-state index is 12.0. The van der Waals surface area contributed by atoms with E-state index in [1.54, 1.807) is 12.1 Å². The molecule has 4 heteroatoms. The van der Waals surface area contributed by atoms with Crippen LogP contribution in [0.25, 0.3) is 0 Å². The van der Waals surface area contributed by atoms with Gasteiger partial charge >= 0.3 is 5.97 Å². The Morgan fingerprint density at radius 2 is 1.86 bits per heavy atom. The number of carbonyl (C=O) groups excluding carboxylic acids is 1. The van der Waals surface area contributed by atoms with Gasteiger partial charge in [-0.3, -0.25) is 0 Å². The van der Waals surface area contributed by atoms with E-state index < -0.39 is 6.23 Å². The zero-order valence-electron chi connectivity index (χ0n) is 11.7. The van der Waals surface area contributed by atoms with Crippen molar-refractivity contribution in [2.75, 3.05) is 6.61 Å². The van der Waals surface area contributed by atoms with Crippen LogP contribution >= 0.6 is 0 Å². The Labute approximate surface area is 123 Å². The lowest BCUT2D eigenvalue weighted by Crippen LogP contribution is -2.17. The Kier molecular flexibility index (Phi) is 3.69. The molecule has 0 amide bonds. The molecule has 0 aromatic heterocycles. The summed E-state index contributed by atoms with van der Waals surface area (Å²) in [6.45, 7) is 2.22. The predicted molar refractivity (Wildman–Crippen MR) is 79.3 cm³/mol. The van der Waals surface area contributed by atoms with Gasteiger partial charge in [-0.05, 0) is 31.2 Å². The first-order valence-corrected chi connectivity index (χ1v) is 6.76. The Bertz CT molecular complexity index is 662. The van der Waals surface area contributed by atoms with Crippen molar-refractivity contribution in [1.82, 2.24) is 0 Å². The maximum atomic E-state index is 12.0. The summed E-state index contributed by atoms with van der Waals surface area (Å²) in [5, 5.41) is 0. The molecule has 21 heavy (non-hydrogen) atoms. The van der Waals surface area contributed by atoms with Crippen molar-refractivity contribution in [2.45, 2.75) is 13.2 Å². The smallest absolute Gasteiger partial charge is 0.340 e. The summed E-state index contributed by atoms with van der Waals surface area (Å²) < 4.78 is 10.8. The SMILES string of the molecule is Cc1ccc(C(=O)OC2COC(c3ccccc3)=N2)cc1. The minimum Gasteiger partial charge on any atom is -0.471 e. The Morgan fingerprint density at radius 1 is 1.14 bits per heavy atom. The number of aryl methyl sites for hydroxylation is 1. The van der Waals surface area contributed by atoms with Gasteiger partial charge in [0.05, 0.1) is 5.56 Å². The Morgan fingerprint density at radius 3 is 2.57 bits per heavy atom. The van der Waals surface area contributed by atoms with Gasteiger partial charge in [0.1, 0.15) is 6.61 Å². The quantitative estimate of drug-likeness (QED) is 0.813. The van der Waals surface area contributed by atoms with E-state index >= 15 is 0 Å². The van der Waals surface area contributed by atoms with E-state index in [4.69, 9.17) is 9.47 Å². The molecule has 1 heterocycles. The zero-order chi connectivity index (χ0) is 14.7. The van der Waals surface area contributed by atoms with Crippen molar-refractivity contribution >= 4 is 11.9 Å². The summed E-state index contributed by atoms with van der Waals surface area (Å²) >= 11 is 0. The summed E-state index contributed by atoms with van der Waals surface area (Å²) in [5.74, 6) is 0.124. The lowest BCUT2D eigenvalue weighted by Gasteiger charge is -2.07. The lowest BCUT2D eigenvalue weighted by atomic mass is 10.1. The van der Waals surface area contributed by atoms with Gasteiger partial charge in [0, 0.05) is 5.56 Å². The molecule has 4 nitrogen and oxygen atoms in total. The van der Waals surface area contributed by atoms with Crippen LogP contribution < -0.4 is 0 Å². The van der Waals surface area contributed by atoms with E-state index in [9.17, 15) is 4.79 Å². The average Bonchev–Trinajstić information content (AvgIpc) is 2.97. The number of benzene rings is 2. The van der Waals surface area contributed by atoms with E-state index in [0.29, 0.717) is 11.5 Å². The third-order valence-corrected chi connectivity index (χ3v) is 3.17. The topological polar surface area (TPSA) is 47.9 Å². The van der Waals surface area contributed by atoms with E-state index in [-0.39, 0.29) is 12.6 Å². The monoisotopic (exact) mass is 281 g/mol. The highest BCUT2D eigenvalue weighted by Crippen LogP contribution is 2.15. The zero-order valence-corrected chi connectivity index (χ0v) is 11.7. The molecule has 2 aromatic carbocycles. The molecule has 2 aromatic rings. The first-order valence-electron chi connectivity index (χ1n) is 6.76.